The molecule has 0 radical (unpaired) electrons. The summed E-state index contributed by atoms with van der Waals surface area (Å²) in [5.41, 5.74) is 2.24. The highest BCUT2D eigenvalue weighted by Gasteiger charge is 2.24. The largest absolute Gasteiger partial charge is 0.378 e. The van der Waals surface area contributed by atoms with Gasteiger partial charge in [0.2, 0.25) is 11.9 Å². The number of para-hydroxylation sites is 1. The van der Waals surface area contributed by atoms with E-state index in [4.69, 9.17) is 9.72 Å². The van der Waals surface area contributed by atoms with Gasteiger partial charge in [0.1, 0.15) is 5.82 Å². The number of morpholine rings is 1. The fourth-order valence-corrected chi connectivity index (χ4v) is 5.06. The fourth-order valence-electron chi connectivity index (χ4n) is 5.06. The van der Waals surface area contributed by atoms with Gasteiger partial charge in [-0.25, -0.2) is 4.98 Å². The molecule has 1 unspecified atom stereocenters. The number of anilines is 2. The Hall–Kier alpha value is -3.30. The van der Waals surface area contributed by atoms with Gasteiger partial charge < -0.3 is 19.9 Å². The minimum atomic E-state index is 0.147. The average molecular weight is 490 g/mol. The van der Waals surface area contributed by atoms with Crippen molar-refractivity contribution < 1.29 is 9.53 Å². The number of hydrogen-bond donors (Lipinski definition) is 1. The van der Waals surface area contributed by atoms with Gasteiger partial charge in [0.25, 0.3) is 0 Å². The summed E-state index contributed by atoms with van der Waals surface area (Å²) in [4.78, 5) is 32.6. The lowest BCUT2D eigenvalue weighted by Gasteiger charge is -2.27. The van der Waals surface area contributed by atoms with Crippen molar-refractivity contribution in [3.63, 3.8) is 0 Å². The zero-order valence-electron chi connectivity index (χ0n) is 21.0. The topological polar surface area (TPSA) is 86.7 Å². The number of nitrogens with zero attached hydrogens (tertiary/aromatic N) is 6. The van der Waals surface area contributed by atoms with E-state index in [1.165, 1.54) is 5.56 Å². The summed E-state index contributed by atoms with van der Waals surface area (Å²) >= 11 is 0. The summed E-state index contributed by atoms with van der Waals surface area (Å²) < 4.78 is 5.43. The zero-order chi connectivity index (χ0) is 24.7. The monoisotopic (exact) mass is 489 g/mol. The Bertz CT molecular complexity index is 1170. The van der Waals surface area contributed by atoms with E-state index in [2.05, 4.69) is 37.2 Å². The first-order valence-electron chi connectivity index (χ1n) is 12.9. The molecule has 0 aliphatic carbocycles. The van der Waals surface area contributed by atoms with Gasteiger partial charge in [-0.3, -0.25) is 14.7 Å². The summed E-state index contributed by atoms with van der Waals surface area (Å²) in [5.74, 6) is 2.09. The van der Waals surface area contributed by atoms with E-state index in [1.54, 1.807) is 6.92 Å². The van der Waals surface area contributed by atoms with E-state index in [-0.39, 0.29) is 5.91 Å². The first-order chi connectivity index (χ1) is 17.6. The second-order valence-electron chi connectivity index (χ2n) is 9.64. The number of ether oxygens (including phenoxy) is 1. The Morgan fingerprint density at radius 1 is 1.08 bits per heavy atom. The molecule has 9 nitrogen and oxygen atoms in total. The molecule has 3 aromatic rings. The molecule has 5 rings (SSSR count). The van der Waals surface area contributed by atoms with Gasteiger partial charge in [0, 0.05) is 77.1 Å². The van der Waals surface area contributed by atoms with Crippen LogP contribution in [0.1, 0.15) is 12.5 Å². The summed E-state index contributed by atoms with van der Waals surface area (Å²) in [6.07, 6.45) is 4.70. The van der Waals surface area contributed by atoms with Crippen molar-refractivity contribution in [1.82, 2.24) is 24.8 Å². The van der Waals surface area contributed by atoms with Crippen molar-refractivity contribution >= 4 is 28.6 Å². The quantitative estimate of drug-likeness (QED) is 0.541. The second-order valence-corrected chi connectivity index (χ2v) is 9.64. The van der Waals surface area contributed by atoms with Crippen molar-refractivity contribution in [2.24, 2.45) is 5.92 Å². The van der Waals surface area contributed by atoms with Crippen LogP contribution in [0.5, 0.6) is 0 Å². The molecule has 36 heavy (non-hydrogen) atoms. The molecule has 2 aliphatic rings. The van der Waals surface area contributed by atoms with Crippen LogP contribution in [-0.2, 0) is 16.0 Å². The molecule has 1 aromatic carbocycles. The Kier molecular flexibility index (Phi) is 7.88. The first-order valence-corrected chi connectivity index (χ1v) is 12.9. The smallest absolute Gasteiger partial charge is 0.227 e. The van der Waals surface area contributed by atoms with Gasteiger partial charge in [-0.1, -0.05) is 18.2 Å². The summed E-state index contributed by atoms with van der Waals surface area (Å²) in [6, 6.07) is 12.4. The molecule has 2 fully saturated rings. The third-order valence-corrected chi connectivity index (χ3v) is 6.97. The molecule has 1 N–H and O–H groups in total. The van der Waals surface area contributed by atoms with Gasteiger partial charge in [-0.15, -0.1) is 0 Å². The standard InChI is InChI=1S/C27H35N7O2/c1-21(35)34-11-10-32(9-8-28-26-6-7-29-27(31-26)33-12-14-36-15-13-33)19-23(20-34)16-22-17-24-4-2-3-5-25(24)30-18-22/h2-7,17-18,23H,8-16,19-20H2,1H3,(H,28,29,31). The lowest BCUT2D eigenvalue weighted by atomic mass is 9.98. The van der Waals surface area contributed by atoms with Crippen molar-refractivity contribution in [1.29, 1.82) is 0 Å². The van der Waals surface area contributed by atoms with Crippen LogP contribution in [0.15, 0.2) is 48.8 Å². The number of nitrogens with one attached hydrogen (secondary N) is 1. The lowest BCUT2D eigenvalue weighted by molar-refractivity contribution is -0.129. The van der Waals surface area contributed by atoms with Crippen molar-refractivity contribution in [2.75, 3.05) is 75.8 Å². The molecule has 190 valence electrons. The minimum absolute atomic E-state index is 0.147. The molecule has 0 spiro atoms. The van der Waals surface area contributed by atoms with Gasteiger partial charge in [-0.2, -0.15) is 4.98 Å². The van der Waals surface area contributed by atoms with Crippen molar-refractivity contribution in [3.8, 4) is 0 Å². The van der Waals surface area contributed by atoms with Crippen LogP contribution in [0, 0.1) is 5.92 Å². The molecule has 9 heteroatoms. The summed E-state index contributed by atoms with van der Waals surface area (Å²) in [6.45, 7) is 9.75. The molecule has 2 saturated heterocycles. The van der Waals surface area contributed by atoms with E-state index in [1.807, 2.05) is 41.6 Å². The number of carbonyl (C=O) groups excluding carboxylic acids is 1. The SMILES string of the molecule is CC(=O)N1CCN(CCNc2ccnc(N3CCOCC3)n2)CC(Cc2cnc3ccccc3c2)C1. The van der Waals surface area contributed by atoms with Crippen LogP contribution >= 0.6 is 0 Å². The number of aromatic nitrogens is 3. The predicted molar refractivity (Wildman–Crippen MR) is 141 cm³/mol. The maximum absolute atomic E-state index is 12.2. The highest BCUT2D eigenvalue weighted by molar-refractivity contribution is 5.78. The van der Waals surface area contributed by atoms with Gasteiger partial charge in [0.15, 0.2) is 0 Å². The molecule has 1 amide bonds. The van der Waals surface area contributed by atoms with E-state index in [9.17, 15) is 4.79 Å². The highest BCUT2D eigenvalue weighted by Crippen LogP contribution is 2.19. The number of benzene rings is 1. The van der Waals surface area contributed by atoms with E-state index in [0.29, 0.717) is 19.1 Å². The Balaban J connectivity index is 1.20. The fraction of sp³-hybridized carbons (Fsp3) is 0.481. The van der Waals surface area contributed by atoms with Crippen LogP contribution in [-0.4, -0.2) is 96.2 Å². The maximum atomic E-state index is 12.2. The normalized spacial score (nSPS) is 19.3. The molecule has 1 atom stereocenters. The minimum Gasteiger partial charge on any atom is -0.378 e. The third-order valence-electron chi connectivity index (χ3n) is 6.97. The number of hydrogen-bond acceptors (Lipinski definition) is 8. The second kappa shape index (κ2) is 11.6. The molecular formula is C27H35N7O2. The third kappa shape index (κ3) is 6.27. The number of rotatable bonds is 7. The number of amides is 1. The summed E-state index contributed by atoms with van der Waals surface area (Å²) in [7, 11) is 0. The van der Waals surface area contributed by atoms with Crippen molar-refractivity contribution in [3.05, 3.63) is 54.4 Å². The van der Waals surface area contributed by atoms with Crippen LogP contribution in [0.2, 0.25) is 0 Å². The molecule has 0 bridgehead atoms. The van der Waals surface area contributed by atoms with Crippen LogP contribution < -0.4 is 10.2 Å². The zero-order valence-corrected chi connectivity index (χ0v) is 21.0. The molecule has 2 aromatic heterocycles. The van der Waals surface area contributed by atoms with E-state index < -0.39 is 0 Å². The Morgan fingerprint density at radius 3 is 2.81 bits per heavy atom. The summed E-state index contributed by atoms with van der Waals surface area (Å²) in [5, 5.41) is 4.63. The van der Waals surface area contributed by atoms with Crippen molar-refractivity contribution in [2.45, 2.75) is 13.3 Å². The predicted octanol–water partition coefficient (Wildman–Crippen LogP) is 2.30. The molecular weight excluding hydrogens is 454 g/mol. The highest BCUT2D eigenvalue weighted by atomic mass is 16.5. The van der Waals surface area contributed by atoms with Gasteiger partial charge in [0.05, 0.1) is 18.7 Å². The maximum Gasteiger partial charge on any atom is 0.227 e. The number of fused-ring (bicyclic) bond motifs is 1. The molecule has 4 heterocycles. The van der Waals surface area contributed by atoms with E-state index >= 15 is 0 Å². The van der Waals surface area contributed by atoms with Gasteiger partial charge in [-0.05, 0) is 36.1 Å². The van der Waals surface area contributed by atoms with Crippen LogP contribution in [0.4, 0.5) is 11.8 Å². The average Bonchev–Trinajstić information content (AvgIpc) is 3.11. The Labute approximate surface area is 212 Å². The lowest BCUT2D eigenvalue weighted by Crippen LogP contribution is -2.37. The van der Waals surface area contributed by atoms with E-state index in [0.717, 1.165) is 81.4 Å². The van der Waals surface area contributed by atoms with Crippen LogP contribution in [0.25, 0.3) is 10.9 Å². The number of pyridine rings is 1. The number of carbonyl (C=O) groups is 1. The molecule has 2 aliphatic heterocycles. The van der Waals surface area contributed by atoms with Crippen LogP contribution in [0.3, 0.4) is 0 Å². The first kappa shape index (κ1) is 24.4. The molecule has 0 saturated carbocycles. The Morgan fingerprint density at radius 2 is 1.94 bits per heavy atom. The van der Waals surface area contributed by atoms with Gasteiger partial charge >= 0.3 is 0 Å².